The molecular formula is C17H19F2NO. The summed E-state index contributed by atoms with van der Waals surface area (Å²) in [5, 5.41) is 3.32. The van der Waals surface area contributed by atoms with E-state index in [2.05, 4.69) is 19.2 Å². The summed E-state index contributed by atoms with van der Waals surface area (Å²) in [6.45, 7) is 5.80. The van der Waals surface area contributed by atoms with E-state index in [1.165, 1.54) is 12.1 Å². The molecule has 4 heteroatoms. The molecule has 0 heterocycles. The molecule has 0 aromatic heterocycles. The van der Waals surface area contributed by atoms with Gasteiger partial charge in [-0.1, -0.05) is 32.0 Å². The van der Waals surface area contributed by atoms with Crippen LogP contribution in [0.5, 0.6) is 11.5 Å². The maximum atomic E-state index is 13.2. The van der Waals surface area contributed by atoms with Gasteiger partial charge in [-0.25, -0.2) is 8.78 Å². The first-order chi connectivity index (χ1) is 10.0. The van der Waals surface area contributed by atoms with Gasteiger partial charge in [0.15, 0.2) is 0 Å². The molecule has 2 rings (SSSR count). The zero-order valence-electron chi connectivity index (χ0n) is 12.2. The van der Waals surface area contributed by atoms with Gasteiger partial charge in [-0.15, -0.1) is 0 Å². The summed E-state index contributed by atoms with van der Waals surface area (Å²) in [6.07, 6.45) is 0. The summed E-state index contributed by atoms with van der Waals surface area (Å²) in [7, 11) is 0. The Morgan fingerprint density at radius 2 is 1.71 bits per heavy atom. The minimum Gasteiger partial charge on any atom is -0.457 e. The van der Waals surface area contributed by atoms with Crippen LogP contribution in [0.15, 0.2) is 42.5 Å². The third-order valence-electron chi connectivity index (χ3n) is 2.90. The molecule has 2 nitrogen and oxygen atoms in total. The monoisotopic (exact) mass is 291 g/mol. The molecule has 0 radical (unpaired) electrons. The molecule has 0 saturated heterocycles. The van der Waals surface area contributed by atoms with Crippen molar-refractivity contribution in [3.05, 3.63) is 59.7 Å². The molecule has 0 bridgehead atoms. The molecule has 21 heavy (non-hydrogen) atoms. The Labute approximate surface area is 123 Å². The van der Waals surface area contributed by atoms with Gasteiger partial charge in [0.25, 0.3) is 0 Å². The van der Waals surface area contributed by atoms with Gasteiger partial charge in [-0.05, 0) is 18.5 Å². The molecule has 0 unspecified atom stereocenters. The lowest BCUT2D eigenvalue weighted by Gasteiger charge is -2.13. The van der Waals surface area contributed by atoms with E-state index in [4.69, 9.17) is 4.74 Å². The first kappa shape index (κ1) is 15.4. The minimum absolute atomic E-state index is 0.156. The zero-order chi connectivity index (χ0) is 15.2. The van der Waals surface area contributed by atoms with Crippen LogP contribution in [-0.4, -0.2) is 6.54 Å². The average Bonchev–Trinajstić information content (AvgIpc) is 2.39. The van der Waals surface area contributed by atoms with Crippen molar-refractivity contribution in [3.63, 3.8) is 0 Å². The number of halogens is 2. The molecule has 0 spiro atoms. The Bertz CT molecular complexity index is 579. The topological polar surface area (TPSA) is 21.3 Å². The maximum absolute atomic E-state index is 13.2. The van der Waals surface area contributed by atoms with Crippen LogP contribution in [0.3, 0.4) is 0 Å². The van der Waals surface area contributed by atoms with Crippen LogP contribution in [-0.2, 0) is 6.54 Å². The van der Waals surface area contributed by atoms with Gasteiger partial charge in [-0.2, -0.15) is 0 Å². The van der Waals surface area contributed by atoms with E-state index in [1.54, 1.807) is 6.07 Å². The highest BCUT2D eigenvalue weighted by Crippen LogP contribution is 2.26. The van der Waals surface area contributed by atoms with E-state index in [9.17, 15) is 8.78 Å². The summed E-state index contributed by atoms with van der Waals surface area (Å²) in [5.41, 5.74) is 0.947. The zero-order valence-corrected chi connectivity index (χ0v) is 12.2. The lowest BCUT2D eigenvalue weighted by atomic mass is 10.2. The lowest BCUT2D eigenvalue weighted by molar-refractivity contribution is 0.457. The van der Waals surface area contributed by atoms with Gasteiger partial charge in [0, 0.05) is 30.3 Å². The number of ether oxygens (including phenoxy) is 1. The number of hydrogen-bond acceptors (Lipinski definition) is 2. The van der Waals surface area contributed by atoms with Crippen molar-refractivity contribution in [1.29, 1.82) is 0 Å². The van der Waals surface area contributed by atoms with Gasteiger partial charge in [0.2, 0.25) is 0 Å². The van der Waals surface area contributed by atoms with Crippen LogP contribution < -0.4 is 10.1 Å². The summed E-state index contributed by atoms with van der Waals surface area (Å²) < 4.78 is 32.0. The second-order valence-electron chi connectivity index (χ2n) is 5.34. The van der Waals surface area contributed by atoms with Crippen LogP contribution >= 0.6 is 0 Å². The highest BCUT2D eigenvalue weighted by Gasteiger charge is 2.07. The number of para-hydroxylation sites is 1. The Balaban J connectivity index is 2.12. The number of hydrogen-bond donors (Lipinski definition) is 1. The number of benzene rings is 2. The molecule has 112 valence electrons. The third kappa shape index (κ3) is 4.83. The van der Waals surface area contributed by atoms with Crippen molar-refractivity contribution in [2.45, 2.75) is 20.4 Å². The standard InChI is InChI=1S/C17H19F2NO/c1-12(2)10-20-11-13-5-3-4-6-17(13)21-16-8-14(18)7-15(19)9-16/h3-9,12,20H,10-11H2,1-2H3. The van der Waals surface area contributed by atoms with Crippen LogP contribution in [0, 0.1) is 17.6 Å². The van der Waals surface area contributed by atoms with Crippen molar-refractivity contribution < 1.29 is 13.5 Å². The first-order valence-electron chi connectivity index (χ1n) is 6.97. The summed E-state index contributed by atoms with van der Waals surface area (Å²) in [4.78, 5) is 0. The quantitative estimate of drug-likeness (QED) is 0.846. The van der Waals surface area contributed by atoms with E-state index in [-0.39, 0.29) is 5.75 Å². The van der Waals surface area contributed by atoms with Gasteiger partial charge in [0.1, 0.15) is 23.1 Å². The Morgan fingerprint density at radius 3 is 2.38 bits per heavy atom. The highest BCUT2D eigenvalue weighted by atomic mass is 19.1. The molecule has 1 N–H and O–H groups in total. The molecule has 2 aromatic rings. The van der Waals surface area contributed by atoms with Crippen molar-refractivity contribution in [3.8, 4) is 11.5 Å². The fourth-order valence-corrected chi connectivity index (χ4v) is 1.96. The van der Waals surface area contributed by atoms with Crippen molar-refractivity contribution in [1.82, 2.24) is 5.32 Å². The first-order valence-corrected chi connectivity index (χ1v) is 6.97. The summed E-state index contributed by atoms with van der Waals surface area (Å²) in [5.74, 6) is -0.00112. The Hall–Kier alpha value is -1.94. The number of rotatable bonds is 6. The minimum atomic E-state index is -0.652. The largest absolute Gasteiger partial charge is 0.457 e. The Kier molecular flexibility index (Phi) is 5.28. The average molecular weight is 291 g/mol. The van der Waals surface area contributed by atoms with Crippen LogP contribution in [0.2, 0.25) is 0 Å². The van der Waals surface area contributed by atoms with E-state index >= 15 is 0 Å². The molecular weight excluding hydrogens is 272 g/mol. The van der Waals surface area contributed by atoms with Crippen molar-refractivity contribution >= 4 is 0 Å². The van der Waals surface area contributed by atoms with Gasteiger partial charge in [0.05, 0.1) is 0 Å². The predicted octanol–water partition coefficient (Wildman–Crippen LogP) is 4.50. The molecule has 0 atom stereocenters. The third-order valence-corrected chi connectivity index (χ3v) is 2.90. The maximum Gasteiger partial charge on any atom is 0.133 e. The van der Waals surface area contributed by atoms with Gasteiger partial charge >= 0.3 is 0 Å². The molecule has 0 aliphatic heterocycles. The normalized spacial score (nSPS) is 10.9. The molecule has 0 aliphatic rings. The predicted molar refractivity (Wildman–Crippen MR) is 79.4 cm³/mol. The highest BCUT2D eigenvalue weighted by molar-refractivity contribution is 5.38. The van der Waals surface area contributed by atoms with Crippen LogP contribution in [0.4, 0.5) is 8.78 Å². The lowest BCUT2D eigenvalue weighted by Crippen LogP contribution is -2.19. The second kappa shape index (κ2) is 7.18. The molecule has 0 saturated carbocycles. The molecule has 0 fully saturated rings. The smallest absolute Gasteiger partial charge is 0.133 e. The van der Waals surface area contributed by atoms with Crippen molar-refractivity contribution in [2.24, 2.45) is 5.92 Å². The SMILES string of the molecule is CC(C)CNCc1ccccc1Oc1cc(F)cc(F)c1. The van der Waals surface area contributed by atoms with Gasteiger partial charge in [-0.3, -0.25) is 0 Å². The second-order valence-corrected chi connectivity index (χ2v) is 5.34. The molecule has 0 amide bonds. The van der Waals surface area contributed by atoms with Crippen LogP contribution in [0.1, 0.15) is 19.4 Å². The van der Waals surface area contributed by atoms with E-state index in [1.807, 2.05) is 18.2 Å². The Morgan fingerprint density at radius 1 is 1.05 bits per heavy atom. The molecule has 0 aliphatic carbocycles. The van der Waals surface area contributed by atoms with Crippen molar-refractivity contribution in [2.75, 3.05) is 6.54 Å². The van der Waals surface area contributed by atoms with Crippen LogP contribution in [0.25, 0.3) is 0 Å². The molecule has 2 aromatic carbocycles. The fourth-order valence-electron chi connectivity index (χ4n) is 1.96. The number of nitrogens with one attached hydrogen (secondary N) is 1. The summed E-state index contributed by atoms with van der Waals surface area (Å²) in [6, 6.07) is 10.6. The summed E-state index contributed by atoms with van der Waals surface area (Å²) >= 11 is 0. The van der Waals surface area contributed by atoms with E-state index in [0.717, 1.165) is 18.2 Å². The van der Waals surface area contributed by atoms with Gasteiger partial charge < -0.3 is 10.1 Å². The fraction of sp³-hybridized carbons (Fsp3) is 0.294. The van der Waals surface area contributed by atoms with E-state index in [0.29, 0.717) is 18.2 Å². The van der Waals surface area contributed by atoms with E-state index < -0.39 is 11.6 Å².